The smallest absolute Gasteiger partial charge is 0.329 e. The van der Waals surface area contributed by atoms with E-state index in [-0.39, 0.29) is 0 Å². The van der Waals surface area contributed by atoms with E-state index in [4.69, 9.17) is 0 Å². The molecule has 22 heavy (non-hydrogen) atoms. The molecule has 4 nitrogen and oxygen atoms in total. The number of nitrogens with zero attached hydrogens (tertiary/aromatic N) is 3. The van der Waals surface area contributed by atoms with Gasteiger partial charge in [0.2, 0.25) is 0 Å². The van der Waals surface area contributed by atoms with E-state index in [0.29, 0.717) is 10.5 Å². The van der Waals surface area contributed by atoms with E-state index in [9.17, 15) is 18.0 Å². The quantitative estimate of drug-likeness (QED) is 0.789. The Hall–Kier alpha value is -2.09. The number of rotatable bonds is 1. The molecule has 2 amide bonds. The predicted octanol–water partition coefficient (Wildman–Crippen LogP) is 3.45. The van der Waals surface area contributed by atoms with Gasteiger partial charge in [-0.25, -0.2) is 4.79 Å². The highest BCUT2D eigenvalue weighted by Gasteiger charge is 2.30. The monoisotopic (exact) mass is 329 g/mol. The second-order valence-electron chi connectivity index (χ2n) is 4.83. The molecule has 2 rings (SSSR count). The molecule has 1 aromatic heterocycles. The molecule has 0 atom stereocenters. The minimum absolute atomic E-state index is 0.413. The number of hydrogen-bond donors (Lipinski definition) is 0. The van der Waals surface area contributed by atoms with Crippen molar-refractivity contribution in [3.8, 4) is 5.69 Å². The van der Waals surface area contributed by atoms with Gasteiger partial charge in [-0.3, -0.25) is 4.57 Å². The van der Waals surface area contributed by atoms with E-state index in [1.165, 1.54) is 28.4 Å². The van der Waals surface area contributed by atoms with Gasteiger partial charge in [0.25, 0.3) is 0 Å². The molecule has 1 aromatic carbocycles. The third-order valence-corrected chi connectivity index (χ3v) is 3.71. The van der Waals surface area contributed by atoms with E-state index >= 15 is 0 Å². The zero-order valence-electron chi connectivity index (χ0n) is 12.2. The number of aryl methyl sites for hydroxylation is 1. The lowest BCUT2D eigenvalue weighted by molar-refractivity contribution is -0.137. The Balaban J connectivity index is 2.48. The van der Waals surface area contributed by atoms with Gasteiger partial charge in [0.15, 0.2) is 4.80 Å². The van der Waals surface area contributed by atoms with Gasteiger partial charge in [0.1, 0.15) is 0 Å². The molecule has 0 spiro atoms. The second-order valence-corrected chi connectivity index (χ2v) is 6.04. The summed E-state index contributed by atoms with van der Waals surface area (Å²) in [5.41, 5.74) is -0.200. The number of amides is 2. The highest BCUT2D eigenvalue weighted by molar-refractivity contribution is 7.09. The molecule has 0 saturated heterocycles. The summed E-state index contributed by atoms with van der Waals surface area (Å²) in [4.78, 5) is 18.3. The fraction of sp³-hybridized carbons (Fsp3) is 0.286. The van der Waals surface area contributed by atoms with Gasteiger partial charge in [-0.1, -0.05) is 0 Å². The van der Waals surface area contributed by atoms with Crippen LogP contribution in [-0.4, -0.2) is 29.6 Å². The summed E-state index contributed by atoms with van der Waals surface area (Å²) in [6.45, 7) is 1.84. The SMILES string of the molecule is Cc1cn(-c2ccc(C(F)(F)F)cc2)c(=NC(=O)N(C)C)s1. The van der Waals surface area contributed by atoms with Gasteiger partial charge in [0, 0.05) is 30.9 Å². The topological polar surface area (TPSA) is 37.6 Å². The van der Waals surface area contributed by atoms with E-state index in [1.807, 2.05) is 6.92 Å². The van der Waals surface area contributed by atoms with Crippen LogP contribution in [0.2, 0.25) is 0 Å². The number of benzene rings is 1. The molecule has 0 fully saturated rings. The van der Waals surface area contributed by atoms with Crippen molar-refractivity contribution in [2.45, 2.75) is 13.1 Å². The van der Waals surface area contributed by atoms with E-state index < -0.39 is 17.8 Å². The lowest BCUT2D eigenvalue weighted by Gasteiger charge is -2.08. The Kier molecular flexibility index (Phi) is 4.41. The van der Waals surface area contributed by atoms with Crippen LogP contribution in [0.5, 0.6) is 0 Å². The van der Waals surface area contributed by atoms with Crippen molar-refractivity contribution in [3.05, 3.63) is 45.7 Å². The zero-order valence-corrected chi connectivity index (χ0v) is 13.0. The molecule has 0 aliphatic carbocycles. The molecule has 2 aromatic rings. The molecule has 0 aliphatic heterocycles. The number of urea groups is 1. The van der Waals surface area contributed by atoms with Crippen LogP contribution in [0.25, 0.3) is 5.69 Å². The van der Waals surface area contributed by atoms with Crippen molar-refractivity contribution in [2.75, 3.05) is 14.1 Å². The summed E-state index contributed by atoms with van der Waals surface area (Å²) < 4.78 is 39.4. The number of carbonyl (C=O) groups excluding carboxylic acids is 1. The van der Waals surface area contributed by atoms with E-state index in [0.717, 1.165) is 17.0 Å². The number of carbonyl (C=O) groups is 1. The fourth-order valence-electron chi connectivity index (χ4n) is 1.71. The summed E-state index contributed by atoms with van der Waals surface area (Å²) in [5, 5.41) is 0. The van der Waals surface area contributed by atoms with Crippen LogP contribution in [0.1, 0.15) is 10.4 Å². The minimum atomic E-state index is -4.37. The van der Waals surface area contributed by atoms with Crippen molar-refractivity contribution in [3.63, 3.8) is 0 Å². The van der Waals surface area contributed by atoms with Gasteiger partial charge in [-0.15, -0.1) is 11.3 Å². The van der Waals surface area contributed by atoms with E-state index in [2.05, 4.69) is 4.99 Å². The lowest BCUT2D eigenvalue weighted by Crippen LogP contribution is -2.22. The molecular weight excluding hydrogens is 315 g/mol. The Morgan fingerprint density at radius 2 is 1.82 bits per heavy atom. The van der Waals surface area contributed by atoms with Crippen LogP contribution in [0.4, 0.5) is 18.0 Å². The average Bonchev–Trinajstić information content (AvgIpc) is 2.78. The number of aromatic nitrogens is 1. The Labute approximate surface area is 129 Å². The van der Waals surface area contributed by atoms with Crippen molar-refractivity contribution in [1.29, 1.82) is 0 Å². The van der Waals surface area contributed by atoms with Crippen LogP contribution in [0.3, 0.4) is 0 Å². The first-order valence-corrected chi connectivity index (χ1v) is 7.13. The Morgan fingerprint density at radius 3 is 2.32 bits per heavy atom. The van der Waals surface area contributed by atoms with Crippen LogP contribution >= 0.6 is 11.3 Å². The first kappa shape index (κ1) is 16.3. The lowest BCUT2D eigenvalue weighted by atomic mass is 10.2. The van der Waals surface area contributed by atoms with Crippen molar-refractivity contribution >= 4 is 17.4 Å². The normalized spacial score (nSPS) is 12.5. The molecule has 0 unspecified atom stereocenters. The predicted molar refractivity (Wildman–Crippen MR) is 78.0 cm³/mol. The van der Waals surface area contributed by atoms with Crippen LogP contribution in [-0.2, 0) is 6.18 Å². The molecule has 0 saturated carbocycles. The Bertz CT molecular complexity index is 742. The first-order valence-electron chi connectivity index (χ1n) is 6.31. The maximum absolute atomic E-state index is 12.6. The highest BCUT2D eigenvalue weighted by atomic mass is 32.1. The number of thiazole rings is 1. The second kappa shape index (κ2) is 5.96. The zero-order chi connectivity index (χ0) is 16.5. The summed E-state index contributed by atoms with van der Waals surface area (Å²) in [6.07, 6.45) is -2.64. The maximum atomic E-state index is 12.6. The minimum Gasteiger partial charge on any atom is -0.329 e. The van der Waals surface area contributed by atoms with Gasteiger partial charge in [-0.2, -0.15) is 18.2 Å². The fourth-order valence-corrected chi connectivity index (χ4v) is 2.54. The number of hydrogen-bond acceptors (Lipinski definition) is 2. The molecule has 0 radical (unpaired) electrons. The van der Waals surface area contributed by atoms with Crippen molar-refractivity contribution in [2.24, 2.45) is 4.99 Å². The molecule has 0 aliphatic rings. The highest BCUT2D eigenvalue weighted by Crippen LogP contribution is 2.29. The van der Waals surface area contributed by atoms with Crippen molar-refractivity contribution in [1.82, 2.24) is 9.47 Å². The van der Waals surface area contributed by atoms with Crippen LogP contribution in [0, 0.1) is 6.92 Å². The third kappa shape index (κ3) is 3.56. The number of halogens is 3. The standard InChI is InChI=1S/C14H14F3N3OS/c1-9-8-20(13(22-9)18-12(21)19(2)3)11-6-4-10(5-7-11)14(15,16)17/h4-8H,1-3H3. The molecule has 0 bridgehead atoms. The van der Waals surface area contributed by atoms with E-state index in [1.54, 1.807) is 24.9 Å². The number of alkyl halides is 3. The largest absolute Gasteiger partial charge is 0.416 e. The first-order chi connectivity index (χ1) is 10.2. The van der Waals surface area contributed by atoms with Gasteiger partial charge in [-0.05, 0) is 31.2 Å². The summed E-state index contributed by atoms with van der Waals surface area (Å²) >= 11 is 1.29. The van der Waals surface area contributed by atoms with Crippen LogP contribution < -0.4 is 4.80 Å². The molecule has 0 N–H and O–H groups in total. The Morgan fingerprint density at radius 1 is 1.23 bits per heavy atom. The molecule has 1 heterocycles. The van der Waals surface area contributed by atoms with Gasteiger partial charge >= 0.3 is 12.2 Å². The van der Waals surface area contributed by atoms with Crippen molar-refractivity contribution < 1.29 is 18.0 Å². The van der Waals surface area contributed by atoms with Gasteiger partial charge in [0.05, 0.1) is 5.56 Å². The molecule has 118 valence electrons. The average molecular weight is 329 g/mol. The van der Waals surface area contributed by atoms with Crippen LogP contribution in [0.15, 0.2) is 35.5 Å². The van der Waals surface area contributed by atoms with Gasteiger partial charge < -0.3 is 4.90 Å². The molecular formula is C14H14F3N3OS. The molecule has 8 heteroatoms. The summed E-state index contributed by atoms with van der Waals surface area (Å²) in [5.74, 6) is 0. The third-order valence-electron chi connectivity index (χ3n) is 2.82. The maximum Gasteiger partial charge on any atom is 0.416 e. The summed E-state index contributed by atoms with van der Waals surface area (Å²) in [7, 11) is 3.16. The summed E-state index contributed by atoms with van der Waals surface area (Å²) in [6, 6.07) is 4.30.